The quantitative estimate of drug-likeness (QED) is 0.408. The minimum atomic E-state index is -3.35. The van der Waals surface area contributed by atoms with E-state index in [1.54, 1.807) is 24.3 Å². The zero-order chi connectivity index (χ0) is 20.3. The number of rotatable bonds is 13. The zero-order valence-corrected chi connectivity index (χ0v) is 17.4. The molecular weight excluding hydrogens is 364 g/mol. The van der Waals surface area contributed by atoms with Crippen molar-refractivity contribution >= 4 is 27.9 Å². The number of benzene rings is 1. The summed E-state index contributed by atoms with van der Waals surface area (Å²) in [5, 5.41) is 0. The molecule has 1 aromatic rings. The summed E-state index contributed by atoms with van der Waals surface area (Å²) in [6.07, 6.45) is 7.59. The lowest BCUT2D eigenvalue weighted by atomic mass is 9.94. The molecule has 0 aliphatic carbocycles. The second kappa shape index (κ2) is 11.7. The first-order valence-corrected chi connectivity index (χ1v) is 11.5. The first-order chi connectivity index (χ1) is 12.8. The van der Waals surface area contributed by atoms with Gasteiger partial charge in [0.2, 0.25) is 15.9 Å². The lowest BCUT2D eigenvalue weighted by Gasteiger charge is -2.26. The fourth-order valence-corrected chi connectivity index (χ4v) is 3.59. The van der Waals surface area contributed by atoms with Gasteiger partial charge < -0.3 is 9.69 Å². The van der Waals surface area contributed by atoms with Crippen molar-refractivity contribution in [1.29, 1.82) is 0 Å². The zero-order valence-electron chi connectivity index (χ0n) is 16.6. The number of anilines is 1. The van der Waals surface area contributed by atoms with Gasteiger partial charge in [-0.1, -0.05) is 44.7 Å². The van der Waals surface area contributed by atoms with E-state index in [2.05, 4.69) is 11.6 Å². The van der Waals surface area contributed by atoms with Crippen LogP contribution < -0.4 is 4.72 Å². The molecule has 0 fully saturated rings. The van der Waals surface area contributed by atoms with Crippen molar-refractivity contribution in [3.8, 4) is 0 Å². The lowest BCUT2D eigenvalue weighted by Crippen LogP contribution is -2.36. The molecule has 1 aromatic carbocycles. The molecule has 0 saturated heterocycles. The third-order valence-corrected chi connectivity index (χ3v) is 5.08. The number of carbonyl (C=O) groups excluding carboxylic acids is 2. The van der Waals surface area contributed by atoms with Gasteiger partial charge in [0.1, 0.15) is 6.29 Å². The molecule has 0 aliphatic rings. The highest BCUT2D eigenvalue weighted by atomic mass is 32.2. The van der Waals surface area contributed by atoms with Crippen molar-refractivity contribution in [2.45, 2.75) is 58.3 Å². The summed E-state index contributed by atoms with van der Waals surface area (Å²) in [4.78, 5) is 25.9. The minimum absolute atomic E-state index is 0.0519. The topological polar surface area (TPSA) is 83.6 Å². The first-order valence-electron chi connectivity index (χ1n) is 9.62. The molecule has 0 aliphatic heterocycles. The van der Waals surface area contributed by atoms with Crippen molar-refractivity contribution in [1.82, 2.24) is 4.90 Å². The van der Waals surface area contributed by atoms with Crippen molar-refractivity contribution in [3.63, 3.8) is 0 Å². The molecule has 1 unspecified atom stereocenters. The van der Waals surface area contributed by atoms with Crippen LogP contribution in [0.3, 0.4) is 0 Å². The highest BCUT2D eigenvalue weighted by Crippen LogP contribution is 2.24. The molecule has 7 heteroatoms. The third kappa shape index (κ3) is 8.56. The molecule has 1 N–H and O–H groups in total. The lowest BCUT2D eigenvalue weighted by molar-refractivity contribution is -0.133. The van der Waals surface area contributed by atoms with Gasteiger partial charge in [0.25, 0.3) is 0 Å². The van der Waals surface area contributed by atoms with E-state index in [-0.39, 0.29) is 12.3 Å². The normalized spacial score (nSPS) is 12.4. The molecular formula is C20H32N2O4S. The minimum Gasteiger partial charge on any atom is -0.342 e. The van der Waals surface area contributed by atoms with Crippen LogP contribution in [-0.2, 0) is 19.6 Å². The van der Waals surface area contributed by atoms with Crippen molar-refractivity contribution in [3.05, 3.63) is 29.8 Å². The van der Waals surface area contributed by atoms with Gasteiger partial charge in [-0.15, -0.1) is 0 Å². The molecule has 0 heterocycles. The van der Waals surface area contributed by atoms with Gasteiger partial charge in [0.15, 0.2) is 0 Å². The summed E-state index contributed by atoms with van der Waals surface area (Å²) in [5.41, 5.74) is 1.15. The van der Waals surface area contributed by atoms with Crippen LogP contribution in [0.2, 0.25) is 0 Å². The summed E-state index contributed by atoms with van der Waals surface area (Å²) >= 11 is 0. The summed E-state index contributed by atoms with van der Waals surface area (Å²) in [7, 11) is -3.35. The Hall–Kier alpha value is -1.89. The number of sulfonamides is 1. The standard InChI is InChI=1S/C20H32N2O4S/c1-4-6-7-8-9-15-22(5-2)20(24)19(14-16-23)17-10-12-18(13-11-17)21-27(3,25)26/h10-13,16,19,21H,4-9,14-15H2,1-3H3. The predicted octanol–water partition coefficient (Wildman–Crippen LogP) is 3.55. The number of unbranched alkanes of at least 4 members (excludes halogenated alkanes) is 4. The predicted molar refractivity (Wildman–Crippen MR) is 109 cm³/mol. The van der Waals surface area contributed by atoms with Gasteiger partial charge in [-0.3, -0.25) is 9.52 Å². The second-order valence-electron chi connectivity index (χ2n) is 6.78. The molecule has 0 spiro atoms. The van der Waals surface area contributed by atoms with Gasteiger partial charge in [-0.2, -0.15) is 0 Å². The Kier molecular flexibility index (Phi) is 10.1. The maximum Gasteiger partial charge on any atom is 0.230 e. The summed E-state index contributed by atoms with van der Waals surface area (Å²) in [6, 6.07) is 6.63. The van der Waals surface area contributed by atoms with Crippen LogP contribution in [0.5, 0.6) is 0 Å². The molecule has 6 nitrogen and oxygen atoms in total. The van der Waals surface area contributed by atoms with Gasteiger partial charge in [-0.25, -0.2) is 8.42 Å². The Balaban J connectivity index is 2.82. The fourth-order valence-electron chi connectivity index (χ4n) is 3.02. The molecule has 0 radical (unpaired) electrons. The summed E-state index contributed by atoms with van der Waals surface area (Å²) in [5.74, 6) is -0.589. The second-order valence-corrected chi connectivity index (χ2v) is 8.53. The largest absolute Gasteiger partial charge is 0.342 e. The number of carbonyl (C=O) groups is 2. The molecule has 152 valence electrons. The number of nitrogens with one attached hydrogen (secondary N) is 1. The molecule has 1 rings (SSSR count). The smallest absolute Gasteiger partial charge is 0.230 e. The van der Waals surface area contributed by atoms with E-state index in [0.717, 1.165) is 30.9 Å². The van der Waals surface area contributed by atoms with Crippen LogP contribution in [-0.4, -0.2) is 44.9 Å². The highest BCUT2D eigenvalue weighted by molar-refractivity contribution is 7.92. The van der Waals surface area contributed by atoms with E-state index < -0.39 is 15.9 Å². The summed E-state index contributed by atoms with van der Waals surface area (Å²) < 4.78 is 25.0. The number of amides is 1. The van der Waals surface area contributed by atoms with Gasteiger partial charge in [0, 0.05) is 25.2 Å². The molecule has 0 saturated carbocycles. The van der Waals surface area contributed by atoms with E-state index in [4.69, 9.17) is 0 Å². The third-order valence-electron chi connectivity index (χ3n) is 4.47. The molecule has 1 atom stereocenters. The van der Waals surface area contributed by atoms with E-state index in [1.807, 2.05) is 11.8 Å². The maximum absolute atomic E-state index is 13.0. The Bertz CT molecular complexity index is 686. The highest BCUT2D eigenvalue weighted by Gasteiger charge is 2.24. The number of hydrogen-bond acceptors (Lipinski definition) is 4. The Morgan fingerprint density at radius 3 is 2.26 bits per heavy atom. The molecule has 0 bridgehead atoms. The van der Waals surface area contributed by atoms with E-state index in [0.29, 0.717) is 18.8 Å². The molecule has 1 amide bonds. The fraction of sp³-hybridized carbons (Fsp3) is 0.600. The maximum atomic E-state index is 13.0. The number of likely N-dealkylation sites (N-methyl/N-ethyl adjacent to an activating group) is 1. The van der Waals surface area contributed by atoms with Gasteiger partial charge in [0.05, 0.1) is 12.2 Å². The SMILES string of the molecule is CCCCCCCN(CC)C(=O)C(CC=O)c1ccc(NS(C)(=O)=O)cc1. The number of aldehydes is 1. The average molecular weight is 397 g/mol. The molecule has 0 aromatic heterocycles. The Morgan fingerprint density at radius 2 is 1.74 bits per heavy atom. The van der Waals surface area contributed by atoms with Crippen LogP contribution in [0.15, 0.2) is 24.3 Å². The summed E-state index contributed by atoms with van der Waals surface area (Å²) in [6.45, 7) is 5.42. The van der Waals surface area contributed by atoms with Crippen LogP contribution in [0, 0.1) is 0 Å². The Morgan fingerprint density at radius 1 is 1.11 bits per heavy atom. The van der Waals surface area contributed by atoms with Crippen LogP contribution >= 0.6 is 0 Å². The van der Waals surface area contributed by atoms with E-state index in [1.165, 1.54) is 19.3 Å². The van der Waals surface area contributed by atoms with Crippen LogP contribution in [0.25, 0.3) is 0 Å². The van der Waals surface area contributed by atoms with Crippen molar-refractivity contribution in [2.24, 2.45) is 0 Å². The molecule has 27 heavy (non-hydrogen) atoms. The van der Waals surface area contributed by atoms with Gasteiger partial charge in [-0.05, 0) is 31.0 Å². The van der Waals surface area contributed by atoms with Crippen molar-refractivity contribution in [2.75, 3.05) is 24.1 Å². The first kappa shape index (κ1) is 23.1. The van der Waals surface area contributed by atoms with Crippen molar-refractivity contribution < 1.29 is 18.0 Å². The number of hydrogen-bond donors (Lipinski definition) is 1. The number of nitrogens with zero attached hydrogens (tertiary/aromatic N) is 1. The van der Waals surface area contributed by atoms with E-state index in [9.17, 15) is 18.0 Å². The van der Waals surface area contributed by atoms with E-state index >= 15 is 0 Å². The van der Waals surface area contributed by atoms with Crippen LogP contribution in [0.1, 0.15) is 63.9 Å². The Labute approximate surface area is 163 Å². The van der Waals surface area contributed by atoms with Crippen LogP contribution in [0.4, 0.5) is 5.69 Å². The monoisotopic (exact) mass is 396 g/mol. The average Bonchev–Trinajstić information content (AvgIpc) is 2.62. The van der Waals surface area contributed by atoms with Gasteiger partial charge >= 0.3 is 0 Å².